The molecule has 0 N–H and O–H groups in total. The molecule has 2 aliphatic rings. The monoisotopic (exact) mass is 324 g/mol. The molecule has 2 aliphatic carbocycles. The third kappa shape index (κ3) is 4.48. The van der Waals surface area contributed by atoms with Crippen LogP contribution in [-0.2, 0) is 19.1 Å². The molecule has 0 unspecified atom stereocenters. The number of hydrogen-bond acceptors (Lipinski definition) is 4. The lowest BCUT2D eigenvalue weighted by Crippen LogP contribution is -2.44. The molecule has 0 aromatic heterocycles. The van der Waals surface area contributed by atoms with Crippen LogP contribution in [0.15, 0.2) is 0 Å². The molecule has 0 radical (unpaired) electrons. The van der Waals surface area contributed by atoms with Gasteiger partial charge in [0.25, 0.3) is 0 Å². The number of esters is 2. The van der Waals surface area contributed by atoms with Crippen molar-refractivity contribution in [2.45, 2.75) is 90.6 Å². The third-order valence-corrected chi connectivity index (χ3v) is 5.87. The zero-order valence-corrected chi connectivity index (χ0v) is 15.0. The lowest BCUT2D eigenvalue weighted by atomic mass is 9.74. The van der Waals surface area contributed by atoms with Crippen molar-refractivity contribution in [1.82, 2.24) is 0 Å². The minimum atomic E-state index is -0.547. The van der Waals surface area contributed by atoms with E-state index in [2.05, 4.69) is 0 Å². The van der Waals surface area contributed by atoms with Gasteiger partial charge in [-0.05, 0) is 64.7 Å². The molecule has 2 saturated carbocycles. The van der Waals surface area contributed by atoms with Crippen molar-refractivity contribution in [2.24, 2.45) is 11.3 Å². The van der Waals surface area contributed by atoms with E-state index in [-0.39, 0.29) is 24.1 Å². The highest BCUT2D eigenvalue weighted by atomic mass is 16.6. The van der Waals surface area contributed by atoms with Crippen LogP contribution < -0.4 is 0 Å². The fourth-order valence-electron chi connectivity index (χ4n) is 3.92. The van der Waals surface area contributed by atoms with Crippen LogP contribution >= 0.6 is 0 Å². The van der Waals surface area contributed by atoms with Crippen LogP contribution in [0.5, 0.6) is 0 Å². The maximum Gasteiger partial charge on any atom is 0.344 e. The second-order valence-corrected chi connectivity index (χ2v) is 7.89. The van der Waals surface area contributed by atoms with Gasteiger partial charge in [-0.25, -0.2) is 4.79 Å². The smallest absolute Gasteiger partial charge is 0.344 e. The summed E-state index contributed by atoms with van der Waals surface area (Å²) in [6.45, 7) is 5.36. The molecule has 23 heavy (non-hydrogen) atoms. The van der Waals surface area contributed by atoms with Gasteiger partial charge in [0.05, 0.1) is 5.41 Å². The Morgan fingerprint density at radius 2 is 1.65 bits per heavy atom. The Bertz CT molecular complexity index is 415. The van der Waals surface area contributed by atoms with Gasteiger partial charge in [-0.2, -0.15) is 0 Å². The summed E-state index contributed by atoms with van der Waals surface area (Å²) in [6, 6.07) is 0. The Kier molecular flexibility index (Phi) is 6.10. The molecular formula is C19H32O4. The molecule has 2 fully saturated rings. The third-order valence-electron chi connectivity index (χ3n) is 5.87. The van der Waals surface area contributed by atoms with E-state index in [1.54, 1.807) is 0 Å². The summed E-state index contributed by atoms with van der Waals surface area (Å²) in [4.78, 5) is 24.3. The van der Waals surface area contributed by atoms with E-state index in [4.69, 9.17) is 9.47 Å². The molecular weight excluding hydrogens is 292 g/mol. The predicted molar refractivity (Wildman–Crippen MR) is 88.9 cm³/mol. The van der Waals surface area contributed by atoms with E-state index in [1.807, 2.05) is 20.8 Å². The summed E-state index contributed by atoms with van der Waals surface area (Å²) < 4.78 is 11.1. The zero-order valence-electron chi connectivity index (χ0n) is 15.0. The van der Waals surface area contributed by atoms with E-state index < -0.39 is 5.41 Å². The first-order chi connectivity index (χ1) is 10.9. The maximum absolute atomic E-state index is 12.3. The van der Waals surface area contributed by atoms with E-state index in [9.17, 15) is 9.59 Å². The molecule has 0 heterocycles. The summed E-state index contributed by atoms with van der Waals surface area (Å²) in [7, 11) is 0. The van der Waals surface area contributed by atoms with E-state index >= 15 is 0 Å². The van der Waals surface area contributed by atoms with Crippen LogP contribution in [-0.4, -0.2) is 24.1 Å². The maximum atomic E-state index is 12.3. The summed E-state index contributed by atoms with van der Waals surface area (Å²) in [6.07, 6.45) is 10.9. The van der Waals surface area contributed by atoms with Gasteiger partial charge in [-0.15, -0.1) is 0 Å². The Hall–Kier alpha value is -1.06. The fraction of sp³-hybridized carbons (Fsp3) is 0.895. The van der Waals surface area contributed by atoms with Crippen LogP contribution in [0.1, 0.15) is 85.0 Å². The van der Waals surface area contributed by atoms with E-state index in [1.165, 1.54) is 19.3 Å². The van der Waals surface area contributed by atoms with Crippen LogP contribution in [0.4, 0.5) is 0 Å². The van der Waals surface area contributed by atoms with Crippen molar-refractivity contribution < 1.29 is 19.1 Å². The van der Waals surface area contributed by atoms with Gasteiger partial charge in [0.15, 0.2) is 6.61 Å². The minimum absolute atomic E-state index is 0.253. The average Bonchev–Trinajstić information content (AvgIpc) is 3.08. The highest BCUT2D eigenvalue weighted by molar-refractivity contribution is 5.79. The van der Waals surface area contributed by atoms with Gasteiger partial charge in [0.2, 0.25) is 0 Å². The van der Waals surface area contributed by atoms with Crippen LogP contribution in [0.3, 0.4) is 0 Å². The minimum Gasteiger partial charge on any atom is -0.456 e. The lowest BCUT2D eigenvalue weighted by molar-refractivity contribution is -0.181. The zero-order chi connectivity index (χ0) is 16.9. The summed E-state index contributed by atoms with van der Waals surface area (Å²) in [5.74, 6) is -0.205. The van der Waals surface area contributed by atoms with Crippen molar-refractivity contribution >= 4 is 11.9 Å². The second-order valence-electron chi connectivity index (χ2n) is 7.89. The molecule has 0 amide bonds. The Balaban J connectivity index is 1.91. The number of ether oxygens (including phenoxy) is 2. The van der Waals surface area contributed by atoms with Crippen molar-refractivity contribution in [3.8, 4) is 0 Å². The largest absolute Gasteiger partial charge is 0.456 e. The normalized spacial score (nSPS) is 21.9. The first-order valence-electron chi connectivity index (χ1n) is 9.29. The van der Waals surface area contributed by atoms with Crippen molar-refractivity contribution in [1.29, 1.82) is 0 Å². The van der Waals surface area contributed by atoms with Crippen molar-refractivity contribution in [3.05, 3.63) is 0 Å². The number of carbonyl (C=O) groups excluding carboxylic acids is 2. The summed E-state index contributed by atoms with van der Waals surface area (Å²) in [5.41, 5.74) is -0.841. The predicted octanol–water partition coefficient (Wildman–Crippen LogP) is 4.40. The topological polar surface area (TPSA) is 52.6 Å². The van der Waals surface area contributed by atoms with E-state index in [0.29, 0.717) is 12.3 Å². The standard InChI is InChI=1S/C19H32O4/c1-4-18(2,3)17(21)22-14-16(20)23-19(12-8-5-9-13-19)15-10-6-7-11-15/h15H,4-14H2,1-3H3. The van der Waals surface area contributed by atoms with Crippen molar-refractivity contribution in [2.75, 3.05) is 6.61 Å². The molecule has 0 spiro atoms. The Morgan fingerprint density at radius 3 is 2.22 bits per heavy atom. The highest BCUT2D eigenvalue weighted by Crippen LogP contribution is 2.45. The SMILES string of the molecule is CCC(C)(C)C(=O)OCC(=O)OC1(C2CCCC2)CCCCC1. The highest BCUT2D eigenvalue weighted by Gasteiger charge is 2.44. The summed E-state index contributed by atoms with van der Waals surface area (Å²) in [5, 5.41) is 0. The van der Waals surface area contributed by atoms with E-state index in [0.717, 1.165) is 38.5 Å². The molecule has 0 aliphatic heterocycles. The average molecular weight is 324 g/mol. The Labute approximate surface area is 140 Å². The van der Waals surface area contributed by atoms with Gasteiger partial charge in [-0.1, -0.05) is 26.2 Å². The quantitative estimate of drug-likeness (QED) is 0.679. The number of hydrogen-bond donors (Lipinski definition) is 0. The molecule has 0 aromatic carbocycles. The summed E-state index contributed by atoms with van der Waals surface area (Å²) >= 11 is 0. The molecule has 4 nitrogen and oxygen atoms in total. The van der Waals surface area contributed by atoms with Gasteiger partial charge in [0.1, 0.15) is 5.60 Å². The second kappa shape index (κ2) is 7.67. The van der Waals surface area contributed by atoms with Gasteiger partial charge in [0, 0.05) is 0 Å². The van der Waals surface area contributed by atoms with Gasteiger partial charge < -0.3 is 9.47 Å². The first-order valence-corrected chi connectivity index (χ1v) is 9.29. The van der Waals surface area contributed by atoms with Crippen LogP contribution in [0, 0.1) is 11.3 Å². The fourth-order valence-corrected chi connectivity index (χ4v) is 3.92. The van der Waals surface area contributed by atoms with Crippen LogP contribution in [0.2, 0.25) is 0 Å². The molecule has 0 atom stereocenters. The number of carbonyl (C=O) groups is 2. The Morgan fingerprint density at radius 1 is 1.04 bits per heavy atom. The first kappa shape index (κ1) is 18.3. The van der Waals surface area contributed by atoms with Crippen LogP contribution in [0.25, 0.3) is 0 Å². The lowest BCUT2D eigenvalue weighted by Gasteiger charge is -2.41. The molecule has 132 valence electrons. The molecule has 0 saturated heterocycles. The molecule has 4 heteroatoms. The molecule has 0 bridgehead atoms. The number of rotatable bonds is 6. The molecule has 0 aromatic rings. The molecule has 2 rings (SSSR count). The van der Waals surface area contributed by atoms with Crippen molar-refractivity contribution in [3.63, 3.8) is 0 Å². The van der Waals surface area contributed by atoms with Gasteiger partial charge in [-0.3, -0.25) is 4.79 Å². The van der Waals surface area contributed by atoms with Gasteiger partial charge >= 0.3 is 11.9 Å².